The third-order valence-corrected chi connectivity index (χ3v) is 6.33. The number of benzene rings is 2. The summed E-state index contributed by atoms with van der Waals surface area (Å²) in [6.45, 7) is 5.11. The summed E-state index contributed by atoms with van der Waals surface area (Å²) in [6.07, 6.45) is 3.37. The van der Waals surface area contributed by atoms with Gasteiger partial charge in [0.25, 0.3) is 5.91 Å². The van der Waals surface area contributed by atoms with Crippen molar-refractivity contribution < 1.29 is 19.0 Å². The molecule has 1 atom stereocenters. The molecule has 1 aliphatic rings. The van der Waals surface area contributed by atoms with E-state index < -0.39 is 0 Å². The van der Waals surface area contributed by atoms with Gasteiger partial charge < -0.3 is 14.2 Å². The standard InChI is InChI=1S/C25H29ClN2O4S/c1-5-17(2)32-23-20(26)14-18(15-21(23)31-4)16-22-24(29)28(12-9-13-30-3)25(33-22)27-19-10-7-6-8-11-19/h6-8,10-11,14-17H,5,9,12-13H2,1-4H3/b22-16-,27-25?/t17-/m0/s1. The number of nitrogens with zero attached hydrogens (tertiary/aromatic N) is 2. The highest BCUT2D eigenvalue weighted by Gasteiger charge is 2.33. The van der Waals surface area contributed by atoms with Gasteiger partial charge in [-0.15, -0.1) is 0 Å². The molecule has 3 rings (SSSR count). The maximum absolute atomic E-state index is 13.2. The first-order valence-corrected chi connectivity index (χ1v) is 12.0. The van der Waals surface area contributed by atoms with E-state index >= 15 is 0 Å². The normalized spacial score (nSPS) is 17.1. The fourth-order valence-electron chi connectivity index (χ4n) is 3.14. The fraction of sp³-hybridized carbons (Fsp3) is 0.360. The number of aliphatic imine (C=N–C) groups is 1. The van der Waals surface area contributed by atoms with E-state index in [-0.39, 0.29) is 12.0 Å². The van der Waals surface area contributed by atoms with E-state index in [1.54, 1.807) is 25.2 Å². The summed E-state index contributed by atoms with van der Waals surface area (Å²) in [6, 6.07) is 13.2. The van der Waals surface area contributed by atoms with Crippen LogP contribution >= 0.6 is 23.4 Å². The molecule has 0 N–H and O–H groups in total. The Labute approximate surface area is 204 Å². The van der Waals surface area contributed by atoms with Crippen molar-refractivity contribution in [2.45, 2.75) is 32.8 Å². The van der Waals surface area contributed by atoms with Crippen LogP contribution < -0.4 is 9.47 Å². The predicted octanol–water partition coefficient (Wildman–Crippen LogP) is 6.17. The minimum atomic E-state index is -0.0965. The third kappa shape index (κ3) is 6.53. The number of para-hydroxylation sites is 1. The van der Waals surface area contributed by atoms with E-state index in [0.29, 0.717) is 46.2 Å². The highest BCUT2D eigenvalue weighted by atomic mass is 35.5. The van der Waals surface area contributed by atoms with Gasteiger partial charge in [-0.2, -0.15) is 0 Å². The Hall–Kier alpha value is -2.48. The Morgan fingerprint density at radius 2 is 1.97 bits per heavy atom. The highest BCUT2D eigenvalue weighted by Crippen LogP contribution is 2.40. The number of hydrogen-bond donors (Lipinski definition) is 0. The zero-order valence-corrected chi connectivity index (χ0v) is 20.9. The average molecular weight is 489 g/mol. The lowest BCUT2D eigenvalue weighted by molar-refractivity contribution is -0.122. The van der Waals surface area contributed by atoms with Crippen LogP contribution in [0.25, 0.3) is 6.08 Å². The molecule has 0 radical (unpaired) electrons. The second-order valence-electron chi connectivity index (χ2n) is 7.51. The van der Waals surface area contributed by atoms with Crippen LogP contribution in [-0.2, 0) is 9.53 Å². The Bertz CT molecular complexity index is 1030. The molecule has 1 amide bonds. The van der Waals surface area contributed by atoms with Gasteiger partial charge >= 0.3 is 0 Å². The van der Waals surface area contributed by atoms with Gasteiger partial charge in [0.1, 0.15) is 0 Å². The predicted molar refractivity (Wildman–Crippen MR) is 136 cm³/mol. The molecule has 0 unspecified atom stereocenters. The second kappa shape index (κ2) is 12.1. The van der Waals surface area contributed by atoms with Gasteiger partial charge in [-0.05, 0) is 67.4 Å². The average Bonchev–Trinajstić information content (AvgIpc) is 3.10. The number of thioether (sulfide) groups is 1. The number of rotatable bonds is 10. The van der Waals surface area contributed by atoms with Gasteiger partial charge in [0, 0.05) is 20.3 Å². The molecule has 176 valence electrons. The Balaban J connectivity index is 1.93. The van der Waals surface area contributed by atoms with Crippen LogP contribution in [0.3, 0.4) is 0 Å². The minimum Gasteiger partial charge on any atom is -0.493 e. The van der Waals surface area contributed by atoms with E-state index in [0.717, 1.165) is 17.7 Å². The third-order valence-electron chi connectivity index (χ3n) is 5.04. The maximum atomic E-state index is 13.2. The van der Waals surface area contributed by atoms with Crippen LogP contribution in [0.1, 0.15) is 32.3 Å². The van der Waals surface area contributed by atoms with Crippen molar-refractivity contribution in [1.82, 2.24) is 4.90 Å². The van der Waals surface area contributed by atoms with Crippen LogP contribution in [0.15, 0.2) is 52.4 Å². The van der Waals surface area contributed by atoms with Gasteiger partial charge in [0.05, 0.1) is 28.8 Å². The van der Waals surface area contributed by atoms with Crippen LogP contribution in [0, 0.1) is 0 Å². The molecule has 2 aromatic carbocycles. The van der Waals surface area contributed by atoms with Gasteiger partial charge in [-0.1, -0.05) is 36.7 Å². The number of carbonyl (C=O) groups is 1. The van der Waals surface area contributed by atoms with Crippen LogP contribution in [0.2, 0.25) is 5.02 Å². The Morgan fingerprint density at radius 3 is 2.64 bits per heavy atom. The van der Waals surface area contributed by atoms with Crippen LogP contribution in [-0.4, -0.2) is 49.4 Å². The minimum absolute atomic E-state index is 0.00462. The van der Waals surface area contributed by atoms with Crippen molar-refractivity contribution in [2.75, 3.05) is 27.4 Å². The zero-order chi connectivity index (χ0) is 23.8. The monoisotopic (exact) mass is 488 g/mol. The summed E-state index contributed by atoms with van der Waals surface area (Å²) in [7, 11) is 3.22. The second-order valence-corrected chi connectivity index (χ2v) is 8.93. The topological polar surface area (TPSA) is 60.4 Å². The first-order chi connectivity index (χ1) is 16.0. The number of methoxy groups -OCH3 is 2. The molecular formula is C25H29ClN2O4S. The number of halogens is 1. The summed E-state index contributed by atoms with van der Waals surface area (Å²) in [5, 5.41) is 1.08. The highest BCUT2D eigenvalue weighted by molar-refractivity contribution is 8.18. The van der Waals surface area contributed by atoms with Crippen LogP contribution in [0.5, 0.6) is 11.5 Å². The lowest BCUT2D eigenvalue weighted by atomic mass is 10.1. The van der Waals surface area contributed by atoms with E-state index in [4.69, 9.17) is 30.8 Å². The molecule has 0 aliphatic carbocycles. The molecule has 2 aromatic rings. The van der Waals surface area contributed by atoms with Crippen molar-refractivity contribution >= 4 is 46.2 Å². The molecule has 0 bridgehead atoms. The molecule has 33 heavy (non-hydrogen) atoms. The van der Waals surface area contributed by atoms with Crippen molar-refractivity contribution in [3.05, 3.63) is 58.0 Å². The molecule has 1 heterocycles. The van der Waals surface area contributed by atoms with Gasteiger partial charge in [0.2, 0.25) is 0 Å². The molecule has 0 saturated carbocycles. The first-order valence-electron chi connectivity index (χ1n) is 10.8. The number of amides is 1. The largest absolute Gasteiger partial charge is 0.493 e. The molecule has 1 aliphatic heterocycles. The van der Waals surface area contributed by atoms with Crippen molar-refractivity contribution in [1.29, 1.82) is 0 Å². The van der Waals surface area contributed by atoms with Crippen LogP contribution in [0.4, 0.5) is 5.69 Å². The Kier molecular flexibility index (Phi) is 9.23. The number of amidine groups is 1. The summed E-state index contributed by atoms with van der Waals surface area (Å²) in [5.41, 5.74) is 1.55. The maximum Gasteiger partial charge on any atom is 0.266 e. The molecule has 8 heteroatoms. The fourth-order valence-corrected chi connectivity index (χ4v) is 4.43. The molecular weight excluding hydrogens is 460 g/mol. The molecule has 1 fully saturated rings. The lowest BCUT2D eigenvalue weighted by Crippen LogP contribution is -2.30. The molecule has 0 spiro atoms. The van der Waals surface area contributed by atoms with Gasteiger partial charge in [-0.25, -0.2) is 4.99 Å². The SMILES string of the molecule is CC[C@H](C)Oc1c(Cl)cc(/C=C2\SC(=Nc3ccccc3)N(CCCOC)C2=O)cc1OC. The van der Waals surface area contributed by atoms with E-state index in [1.807, 2.05) is 56.3 Å². The summed E-state index contributed by atoms with van der Waals surface area (Å²) in [4.78, 5) is 20.2. The smallest absolute Gasteiger partial charge is 0.266 e. The molecule has 1 saturated heterocycles. The van der Waals surface area contributed by atoms with E-state index in [2.05, 4.69) is 0 Å². The number of carbonyl (C=O) groups excluding carboxylic acids is 1. The summed E-state index contributed by atoms with van der Waals surface area (Å²) in [5.74, 6) is 0.939. The number of ether oxygens (including phenoxy) is 3. The first kappa shape index (κ1) is 25.1. The van der Waals surface area contributed by atoms with Gasteiger partial charge in [0.15, 0.2) is 16.7 Å². The van der Waals surface area contributed by atoms with E-state index in [1.165, 1.54) is 11.8 Å². The summed E-state index contributed by atoms with van der Waals surface area (Å²) >= 11 is 7.86. The Morgan fingerprint density at radius 1 is 1.21 bits per heavy atom. The summed E-state index contributed by atoms with van der Waals surface area (Å²) < 4.78 is 16.6. The quantitative estimate of drug-likeness (QED) is 0.296. The van der Waals surface area contributed by atoms with Crippen molar-refractivity contribution in [2.24, 2.45) is 4.99 Å². The van der Waals surface area contributed by atoms with Crippen molar-refractivity contribution in [3.63, 3.8) is 0 Å². The van der Waals surface area contributed by atoms with Gasteiger partial charge in [-0.3, -0.25) is 9.69 Å². The molecule has 0 aromatic heterocycles. The molecule has 6 nitrogen and oxygen atoms in total. The van der Waals surface area contributed by atoms with E-state index in [9.17, 15) is 4.79 Å². The number of hydrogen-bond acceptors (Lipinski definition) is 6. The van der Waals surface area contributed by atoms with Crippen molar-refractivity contribution in [3.8, 4) is 11.5 Å². The lowest BCUT2D eigenvalue weighted by Gasteiger charge is -2.17. The zero-order valence-electron chi connectivity index (χ0n) is 19.3.